The summed E-state index contributed by atoms with van der Waals surface area (Å²) in [5, 5.41) is 0. The monoisotopic (exact) mass is 382 g/mol. The van der Waals surface area contributed by atoms with Crippen LogP contribution in [0.3, 0.4) is 0 Å². The zero-order chi connectivity index (χ0) is 19.4. The fourth-order valence-electron chi connectivity index (χ4n) is 2.47. The maximum Gasteiger partial charge on any atom is 0.417 e. The van der Waals surface area contributed by atoms with Crippen molar-refractivity contribution < 1.29 is 32.2 Å². The van der Waals surface area contributed by atoms with E-state index in [1.165, 1.54) is 12.0 Å². The van der Waals surface area contributed by atoms with Crippen LogP contribution in [0.4, 0.5) is 13.2 Å². The molecule has 144 valence electrons. The zero-order valence-electron chi connectivity index (χ0n) is 14.4. The number of pyridine rings is 1. The molecule has 0 bridgehead atoms. The van der Waals surface area contributed by atoms with Gasteiger partial charge in [-0.2, -0.15) is 13.2 Å². The van der Waals surface area contributed by atoms with Gasteiger partial charge in [0.25, 0.3) is 5.91 Å². The first-order valence-electron chi connectivity index (χ1n) is 8.10. The van der Waals surface area contributed by atoms with Crippen LogP contribution >= 0.6 is 0 Å². The average Bonchev–Trinajstić information content (AvgIpc) is 2.62. The van der Waals surface area contributed by atoms with E-state index in [4.69, 9.17) is 14.2 Å². The highest BCUT2D eigenvalue weighted by molar-refractivity contribution is 5.78. The van der Waals surface area contributed by atoms with Gasteiger partial charge in [-0.25, -0.2) is 4.98 Å². The van der Waals surface area contributed by atoms with Crippen molar-refractivity contribution in [1.82, 2.24) is 9.88 Å². The molecule has 1 fully saturated rings. The average molecular weight is 382 g/mol. The first-order chi connectivity index (χ1) is 12.9. The van der Waals surface area contributed by atoms with Crippen LogP contribution in [0, 0.1) is 0 Å². The molecule has 1 aliphatic rings. The van der Waals surface area contributed by atoms with Gasteiger partial charge in [0, 0.05) is 12.3 Å². The standard InChI is InChI=1S/C18H17F3N2O4/c1-25-14-4-2-3-5-15(14)26-11-17(24)23-9-13(10-23)27-16-7-6-12(8-22-16)18(19,20)21/h2-8,13H,9-11H2,1H3. The number of methoxy groups -OCH3 is 1. The van der Waals surface area contributed by atoms with Crippen molar-refractivity contribution in [2.24, 2.45) is 0 Å². The number of hydrogen-bond donors (Lipinski definition) is 0. The molecular formula is C18H17F3N2O4. The Morgan fingerprint density at radius 2 is 1.89 bits per heavy atom. The second-order valence-electron chi connectivity index (χ2n) is 5.86. The molecule has 1 amide bonds. The normalized spacial score (nSPS) is 14.4. The number of hydrogen-bond acceptors (Lipinski definition) is 5. The second-order valence-corrected chi connectivity index (χ2v) is 5.86. The van der Waals surface area contributed by atoms with Crippen LogP contribution in [0.15, 0.2) is 42.6 Å². The van der Waals surface area contributed by atoms with Crippen molar-refractivity contribution in [1.29, 1.82) is 0 Å². The number of aromatic nitrogens is 1. The minimum Gasteiger partial charge on any atom is -0.493 e. The van der Waals surface area contributed by atoms with E-state index in [1.807, 2.05) is 0 Å². The maximum absolute atomic E-state index is 12.5. The van der Waals surface area contributed by atoms with Gasteiger partial charge >= 0.3 is 6.18 Å². The van der Waals surface area contributed by atoms with Gasteiger partial charge < -0.3 is 19.1 Å². The molecular weight excluding hydrogens is 365 g/mol. The Balaban J connectivity index is 1.44. The van der Waals surface area contributed by atoms with Gasteiger partial charge in [-0.3, -0.25) is 4.79 Å². The summed E-state index contributed by atoms with van der Waals surface area (Å²) < 4.78 is 53.6. The highest BCUT2D eigenvalue weighted by Gasteiger charge is 2.34. The van der Waals surface area contributed by atoms with Gasteiger partial charge in [0.2, 0.25) is 5.88 Å². The third-order valence-electron chi connectivity index (χ3n) is 3.97. The van der Waals surface area contributed by atoms with E-state index in [9.17, 15) is 18.0 Å². The lowest BCUT2D eigenvalue weighted by Crippen LogP contribution is -2.57. The lowest BCUT2D eigenvalue weighted by molar-refractivity contribution is -0.142. The van der Waals surface area contributed by atoms with Crippen molar-refractivity contribution >= 4 is 5.91 Å². The lowest BCUT2D eigenvalue weighted by atomic mass is 10.1. The van der Waals surface area contributed by atoms with E-state index in [0.29, 0.717) is 24.6 Å². The van der Waals surface area contributed by atoms with Gasteiger partial charge in [-0.05, 0) is 18.2 Å². The largest absolute Gasteiger partial charge is 0.493 e. The van der Waals surface area contributed by atoms with Crippen LogP contribution in [-0.4, -0.2) is 48.7 Å². The Morgan fingerprint density at radius 3 is 2.48 bits per heavy atom. The fraction of sp³-hybridized carbons (Fsp3) is 0.333. The van der Waals surface area contributed by atoms with Crippen molar-refractivity contribution in [2.45, 2.75) is 12.3 Å². The summed E-state index contributed by atoms with van der Waals surface area (Å²) >= 11 is 0. The van der Waals surface area contributed by atoms with Gasteiger partial charge in [0.1, 0.15) is 6.10 Å². The Hall–Kier alpha value is -2.97. The van der Waals surface area contributed by atoms with Gasteiger partial charge in [0.05, 0.1) is 25.8 Å². The number of halogens is 3. The summed E-state index contributed by atoms with van der Waals surface area (Å²) in [7, 11) is 1.51. The van der Waals surface area contributed by atoms with Crippen LogP contribution in [0.1, 0.15) is 5.56 Å². The molecule has 2 aromatic rings. The quantitative estimate of drug-likeness (QED) is 0.769. The number of likely N-dealkylation sites (tertiary alicyclic amines) is 1. The van der Waals surface area contributed by atoms with Crippen molar-refractivity contribution in [3.8, 4) is 17.4 Å². The minimum absolute atomic E-state index is 0.0883. The molecule has 0 radical (unpaired) electrons. The molecule has 0 atom stereocenters. The zero-order valence-corrected chi connectivity index (χ0v) is 14.4. The smallest absolute Gasteiger partial charge is 0.417 e. The van der Waals surface area contributed by atoms with E-state index in [2.05, 4.69) is 4.98 Å². The molecule has 27 heavy (non-hydrogen) atoms. The highest BCUT2D eigenvalue weighted by atomic mass is 19.4. The van der Waals surface area contributed by atoms with E-state index < -0.39 is 11.7 Å². The summed E-state index contributed by atoms with van der Waals surface area (Å²) in [5.74, 6) is 0.866. The predicted octanol–water partition coefficient (Wildman–Crippen LogP) is 2.78. The summed E-state index contributed by atoms with van der Waals surface area (Å²) in [4.78, 5) is 17.3. The molecule has 1 saturated heterocycles. The number of para-hydroxylation sites is 2. The highest BCUT2D eigenvalue weighted by Crippen LogP contribution is 2.29. The van der Waals surface area contributed by atoms with E-state index in [0.717, 1.165) is 18.3 Å². The molecule has 1 aromatic heterocycles. The van der Waals surface area contributed by atoms with Crippen LogP contribution in [0.5, 0.6) is 17.4 Å². The van der Waals surface area contributed by atoms with Crippen molar-refractivity contribution in [3.63, 3.8) is 0 Å². The summed E-state index contributed by atoms with van der Waals surface area (Å²) in [6.45, 7) is 0.485. The van der Waals surface area contributed by atoms with Gasteiger partial charge in [-0.15, -0.1) is 0 Å². The molecule has 0 N–H and O–H groups in total. The number of carbonyl (C=O) groups excluding carboxylic acids is 1. The van der Waals surface area contributed by atoms with Crippen LogP contribution in [0.2, 0.25) is 0 Å². The van der Waals surface area contributed by atoms with E-state index in [-0.39, 0.29) is 24.5 Å². The number of amides is 1. The van der Waals surface area contributed by atoms with Crippen LogP contribution < -0.4 is 14.2 Å². The predicted molar refractivity (Wildman–Crippen MR) is 88.7 cm³/mol. The Labute approximate surface area is 153 Å². The van der Waals surface area contributed by atoms with Crippen LogP contribution in [-0.2, 0) is 11.0 Å². The number of ether oxygens (including phenoxy) is 3. The van der Waals surface area contributed by atoms with E-state index >= 15 is 0 Å². The number of benzene rings is 1. The van der Waals surface area contributed by atoms with Crippen molar-refractivity contribution in [2.75, 3.05) is 26.8 Å². The first kappa shape index (κ1) is 18.8. The minimum atomic E-state index is -4.44. The Kier molecular flexibility index (Phi) is 5.38. The van der Waals surface area contributed by atoms with Gasteiger partial charge in [0.15, 0.2) is 18.1 Å². The Bertz CT molecular complexity index is 790. The molecule has 0 saturated carbocycles. The summed E-state index contributed by atoms with van der Waals surface area (Å²) in [6.07, 6.45) is -4.03. The lowest BCUT2D eigenvalue weighted by Gasteiger charge is -2.38. The third-order valence-corrected chi connectivity index (χ3v) is 3.97. The number of nitrogens with zero attached hydrogens (tertiary/aromatic N) is 2. The number of alkyl halides is 3. The van der Waals surface area contributed by atoms with Gasteiger partial charge in [-0.1, -0.05) is 12.1 Å². The second kappa shape index (κ2) is 7.73. The molecule has 1 aromatic carbocycles. The van der Waals surface area contributed by atoms with E-state index in [1.54, 1.807) is 24.3 Å². The molecule has 1 aliphatic heterocycles. The first-order valence-corrected chi connectivity index (χ1v) is 8.10. The van der Waals surface area contributed by atoms with Crippen LogP contribution in [0.25, 0.3) is 0 Å². The molecule has 0 spiro atoms. The van der Waals surface area contributed by atoms with Crippen molar-refractivity contribution in [3.05, 3.63) is 48.2 Å². The third kappa shape index (κ3) is 4.60. The maximum atomic E-state index is 12.5. The number of rotatable bonds is 6. The SMILES string of the molecule is COc1ccccc1OCC(=O)N1CC(Oc2ccc(C(F)(F)F)cn2)C1. The molecule has 6 nitrogen and oxygen atoms in total. The molecule has 0 unspecified atom stereocenters. The molecule has 9 heteroatoms. The molecule has 0 aliphatic carbocycles. The molecule has 2 heterocycles. The summed E-state index contributed by atoms with van der Waals surface area (Å²) in [5.41, 5.74) is -0.839. The summed E-state index contributed by atoms with van der Waals surface area (Å²) in [6, 6.07) is 9.06. The fourth-order valence-corrected chi connectivity index (χ4v) is 2.47. The molecule has 3 rings (SSSR count). The topological polar surface area (TPSA) is 60.9 Å². The Morgan fingerprint density at radius 1 is 1.19 bits per heavy atom. The number of carbonyl (C=O) groups is 1.